The van der Waals surface area contributed by atoms with Gasteiger partial charge in [0, 0.05) is 12.7 Å². The lowest BCUT2D eigenvalue weighted by Gasteiger charge is -2.20. The SMILES string of the molecule is CCC(CC)C(O)CNS(=O)(=O)c1ccc(N)nc1. The zero-order valence-corrected chi connectivity index (χ0v) is 12.0. The first-order chi connectivity index (χ1) is 8.90. The second-order valence-electron chi connectivity index (χ2n) is 4.41. The summed E-state index contributed by atoms with van der Waals surface area (Å²) < 4.78 is 26.3. The number of nitrogens with one attached hydrogen (secondary N) is 1. The van der Waals surface area contributed by atoms with Crippen LogP contribution >= 0.6 is 0 Å². The van der Waals surface area contributed by atoms with E-state index in [9.17, 15) is 13.5 Å². The number of aliphatic hydroxyl groups excluding tert-OH is 1. The van der Waals surface area contributed by atoms with Gasteiger partial charge in [0.1, 0.15) is 10.7 Å². The number of anilines is 1. The number of nitrogens with two attached hydrogens (primary N) is 1. The van der Waals surface area contributed by atoms with Crippen molar-refractivity contribution < 1.29 is 13.5 Å². The fraction of sp³-hybridized carbons (Fsp3) is 0.583. The van der Waals surface area contributed by atoms with E-state index < -0.39 is 16.1 Å². The molecule has 1 rings (SSSR count). The van der Waals surface area contributed by atoms with Crippen LogP contribution in [0.3, 0.4) is 0 Å². The molecule has 4 N–H and O–H groups in total. The van der Waals surface area contributed by atoms with Crippen molar-refractivity contribution in [3.8, 4) is 0 Å². The molecule has 0 bridgehead atoms. The third kappa shape index (κ3) is 4.45. The summed E-state index contributed by atoms with van der Waals surface area (Å²) >= 11 is 0. The molecule has 1 aromatic heterocycles. The summed E-state index contributed by atoms with van der Waals surface area (Å²) in [6.07, 6.45) is 2.12. The summed E-state index contributed by atoms with van der Waals surface area (Å²) in [7, 11) is -3.65. The Morgan fingerprint density at radius 2 is 2.00 bits per heavy atom. The van der Waals surface area contributed by atoms with Crippen LogP contribution in [-0.4, -0.2) is 31.2 Å². The van der Waals surface area contributed by atoms with E-state index >= 15 is 0 Å². The van der Waals surface area contributed by atoms with Gasteiger partial charge >= 0.3 is 0 Å². The second kappa shape index (κ2) is 6.83. The largest absolute Gasteiger partial charge is 0.391 e. The third-order valence-corrected chi connectivity index (χ3v) is 4.55. The molecule has 7 heteroatoms. The van der Waals surface area contributed by atoms with E-state index in [0.29, 0.717) is 0 Å². The Morgan fingerprint density at radius 1 is 1.37 bits per heavy atom. The Kier molecular flexibility index (Phi) is 5.71. The molecule has 0 fully saturated rings. The number of hydrogen-bond acceptors (Lipinski definition) is 5. The minimum absolute atomic E-state index is 0.000936. The molecule has 0 radical (unpaired) electrons. The Balaban J connectivity index is 2.68. The summed E-state index contributed by atoms with van der Waals surface area (Å²) in [5, 5.41) is 9.90. The van der Waals surface area contributed by atoms with Gasteiger partial charge in [0.25, 0.3) is 0 Å². The van der Waals surface area contributed by atoms with Crippen molar-refractivity contribution >= 4 is 15.8 Å². The number of hydrogen-bond donors (Lipinski definition) is 3. The summed E-state index contributed by atoms with van der Waals surface area (Å²) in [5.41, 5.74) is 5.40. The molecule has 19 heavy (non-hydrogen) atoms. The highest BCUT2D eigenvalue weighted by Gasteiger charge is 2.20. The summed E-state index contributed by atoms with van der Waals surface area (Å²) in [4.78, 5) is 3.78. The topological polar surface area (TPSA) is 105 Å². The standard InChI is InChI=1S/C12H21N3O3S/c1-3-9(4-2)11(16)8-15-19(17,18)10-5-6-12(13)14-7-10/h5-7,9,11,15-16H,3-4,8H2,1-2H3,(H2,13,14). The number of aliphatic hydroxyl groups is 1. The fourth-order valence-corrected chi connectivity index (χ4v) is 2.82. The average Bonchev–Trinajstić information content (AvgIpc) is 2.38. The van der Waals surface area contributed by atoms with E-state index in [-0.39, 0.29) is 23.2 Å². The maximum atomic E-state index is 11.9. The fourth-order valence-electron chi connectivity index (χ4n) is 1.83. The van der Waals surface area contributed by atoms with Crippen LogP contribution in [0.1, 0.15) is 26.7 Å². The first kappa shape index (κ1) is 15.9. The highest BCUT2D eigenvalue weighted by Crippen LogP contribution is 2.14. The Hall–Kier alpha value is -1.18. The molecule has 0 aromatic carbocycles. The lowest BCUT2D eigenvalue weighted by atomic mass is 9.97. The molecule has 0 aliphatic heterocycles. The number of pyridine rings is 1. The van der Waals surface area contributed by atoms with Crippen LogP contribution < -0.4 is 10.5 Å². The lowest BCUT2D eigenvalue weighted by Crippen LogP contribution is -2.36. The molecule has 1 atom stereocenters. The molecular weight excluding hydrogens is 266 g/mol. The quantitative estimate of drug-likeness (QED) is 0.686. The maximum Gasteiger partial charge on any atom is 0.242 e. The van der Waals surface area contributed by atoms with Crippen LogP contribution in [0.25, 0.3) is 0 Å². The molecule has 1 heterocycles. The van der Waals surface area contributed by atoms with Crippen LogP contribution in [0.2, 0.25) is 0 Å². The highest BCUT2D eigenvalue weighted by molar-refractivity contribution is 7.89. The van der Waals surface area contributed by atoms with Crippen LogP contribution in [0.15, 0.2) is 23.2 Å². The first-order valence-electron chi connectivity index (χ1n) is 6.30. The van der Waals surface area contributed by atoms with Crippen molar-refractivity contribution in [3.63, 3.8) is 0 Å². The van der Waals surface area contributed by atoms with E-state index in [1.807, 2.05) is 13.8 Å². The lowest BCUT2D eigenvalue weighted by molar-refractivity contribution is 0.107. The van der Waals surface area contributed by atoms with E-state index in [2.05, 4.69) is 9.71 Å². The van der Waals surface area contributed by atoms with Crippen molar-refractivity contribution in [3.05, 3.63) is 18.3 Å². The molecule has 1 unspecified atom stereocenters. The summed E-state index contributed by atoms with van der Waals surface area (Å²) in [5.74, 6) is 0.350. The van der Waals surface area contributed by atoms with Crippen LogP contribution in [-0.2, 0) is 10.0 Å². The van der Waals surface area contributed by atoms with Crippen molar-refractivity contribution in [2.45, 2.75) is 37.7 Å². The Bertz CT molecular complexity index is 483. The van der Waals surface area contributed by atoms with E-state index in [1.165, 1.54) is 18.3 Å². The minimum atomic E-state index is -3.65. The number of nitrogen functional groups attached to an aromatic ring is 1. The molecule has 6 nitrogen and oxygen atoms in total. The molecule has 0 saturated heterocycles. The molecule has 108 valence electrons. The normalized spacial score (nSPS) is 13.7. The van der Waals surface area contributed by atoms with E-state index in [1.54, 1.807) is 0 Å². The zero-order valence-electron chi connectivity index (χ0n) is 11.2. The molecule has 0 aliphatic rings. The van der Waals surface area contributed by atoms with Gasteiger partial charge in [-0.2, -0.15) is 0 Å². The smallest absolute Gasteiger partial charge is 0.242 e. The summed E-state index contributed by atoms with van der Waals surface area (Å²) in [6.45, 7) is 3.94. The van der Waals surface area contributed by atoms with Gasteiger partial charge in [-0.15, -0.1) is 0 Å². The zero-order chi connectivity index (χ0) is 14.5. The molecule has 0 saturated carbocycles. The second-order valence-corrected chi connectivity index (χ2v) is 6.18. The third-order valence-electron chi connectivity index (χ3n) is 3.14. The molecule has 0 amide bonds. The Labute approximate surface area is 114 Å². The van der Waals surface area contributed by atoms with Gasteiger partial charge < -0.3 is 10.8 Å². The number of rotatable bonds is 7. The monoisotopic (exact) mass is 287 g/mol. The van der Waals surface area contributed by atoms with Crippen LogP contribution in [0.4, 0.5) is 5.82 Å². The maximum absolute atomic E-state index is 11.9. The first-order valence-corrected chi connectivity index (χ1v) is 7.78. The predicted molar refractivity (Wildman–Crippen MR) is 73.9 cm³/mol. The minimum Gasteiger partial charge on any atom is -0.391 e. The van der Waals surface area contributed by atoms with Gasteiger partial charge in [0.05, 0.1) is 6.10 Å². The van der Waals surface area contributed by atoms with Crippen molar-refractivity contribution in [2.24, 2.45) is 5.92 Å². The summed E-state index contributed by atoms with van der Waals surface area (Å²) in [6, 6.07) is 2.81. The molecule has 0 aliphatic carbocycles. The number of nitrogens with zero attached hydrogens (tertiary/aromatic N) is 1. The van der Waals surface area contributed by atoms with Gasteiger partial charge in [-0.3, -0.25) is 0 Å². The van der Waals surface area contributed by atoms with Crippen molar-refractivity contribution in [2.75, 3.05) is 12.3 Å². The van der Waals surface area contributed by atoms with Gasteiger partial charge in [-0.25, -0.2) is 18.1 Å². The van der Waals surface area contributed by atoms with Gasteiger partial charge in [-0.1, -0.05) is 26.7 Å². The number of sulfonamides is 1. The van der Waals surface area contributed by atoms with Crippen molar-refractivity contribution in [1.82, 2.24) is 9.71 Å². The van der Waals surface area contributed by atoms with Gasteiger partial charge in [-0.05, 0) is 18.1 Å². The van der Waals surface area contributed by atoms with Crippen LogP contribution in [0.5, 0.6) is 0 Å². The molecular formula is C12H21N3O3S. The highest BCUT2D eigenvalue weighted by atomic mass is 32.2. The Morgan fingerprint density at radius 3 is 2.47 bits per heavy atom. The molecule has 0 spiro atoms. The van der Waals surface area contributed by atoms with E-state index in [0.717, 1.165) is 12.8 Å². The van der Waals surface area contributed by atoms with Gasteiger partial charge in [0.2, 0.25) is 10.0 Å². The van der Waals surface area contributed by atoms with Crippen molar-refractivity contribution in [1.29, 1.82) is 0 Å². The predicted octanol–water partition coefficient (Wildman–Crippen LogP) is 0.739. The van der Waals surface area contributed by atoms with E-state index in [4.69, 9.17) is 5.73 Å². The molecule has 1 aromatic rings. The average molecular weight is 287 g/mol. The number of aromatic nitrogens is 1. The van der Waals surface area contributed by atoms with Crippen LogP contribution in [0, 0.1) is 5.92 Å². The van der Waals surface area contributed by atoms with Gasteiger partial charge in [0.15, 0.2) is 0 Å².